The molecule has 0 aromatic heterocycles. The van der Waals surface area contributed by atoms with Crippen LogP contribution in [0.4, 0.5) is 8.78 Å². The minimum absolute atomic E-state index is 0.0514. The van der Waals surface area contributed by atoms with Crippen molar-refractivity contribution in [2.75, 3.05) is 0 Å². The fraction of sp³-hybridized carbons (Fsp3) is 0.231. The normalized spacial score (nSPS) is 17.8. The highest BCUT2D eigenvalue weighted by Crippen LogP contribution is 2.44. The number of hydrogen-bond donors (Lipinski definition) is 0. The van der Waals surface area contributed by atoms with Crippen LogP contribution in [0.3, 0.4) is 0 Å². The lowest BCUT2D eigenvalue weighted by Crippen LogP contribution is -2.19. The maximum absolute atomic E-state index is 12.8. The van der Waals surface area contributed by atoms with Crippen LogP contribution in [0.15, 0.2) is 34.7 Å². The standard InChI is InChI=1S/C13H8F2N2S/c14-13(15)12-5-10(8(6-16)7-17)9-3-1-2-4-11(9)18-12/h1-4,12-13H,5H2. The monoisotopic (exact) mass is 262 g/mol. The maximum atomic E-state index is 12.8. The molecule has 18 heavy (non-hydrogen) atoms. The van der Waals surface area contributed by atoms with Crippen LogP contribution in [0.1, 0.15) is 12.0 Å². The predicted octanol–water partition coefficient (Wildman–Crippen LogP) is 3.62. The molecule has 0 saturated carbocycles. The van der Waals surface area contributed by atoms with Gasteiger partial charge < -0.3 is 0 Å². The van der Waals surface area contributed by atoms with Crippen LogP contribution in [0, 0.1) is 22.7 Å². The van der Waals surface area contributed by atoms with E-state index in [1.165, 1.54) is 0 Å². The zero-order valence-electron chi connectivity index (χ0n) is 9.23. The SMILES string of the molecule is N#CC(C#N)=C1CC(C(F)F)Sc2ccccc21. The Morgan fingerprint density at radius 1 is 1.28 bits per heavy atom. The predicted molar refractivity (Wildman–Crippen MR) is 64.9 cm³/mol. The molecule has 1 atom stereocenters. The molecule has 0 fully saturated rings. The maximum Gasteiger partial charge on any atom is 0.250 e. The fourth-order valence-corrected chi connectivity index (χ4v) is 3.03. The Hall–Kier alpha value is -1.85. The van der Waals surface area contributed by atoms with E-state index >= 15 is 0 Å². The van der Waals surface area contributed by atoms with Crippen molar-refractivity contribution in [3.63, 3.8) is 0 Å². The van der Waals surface area contributed by atoms with Crippen LogP contribution in [-0.4, -0.2) is 11.7 Å². The van der Waals surface area contributed by atoms with Gasteiger partial charge in [0.15, 0.2) is 0 Å². The van der Waals surface area contributed by atoms with Gasteiger partial charge in [-0.2, -0.15) is 10.5 Å². The molecule has 0 radical (unpaired) electrons. The molecule has 5 heteroatoms. The molecule has 0 bridgehead atoms. The molecule has 0 aliphatic carbocycles. The Kier molecular flexibility index (Phi) is 3.64. The first-order valence-electron chi connectivity index (χ1n) is 5.25. The number of allylic oxidation sites excluding steroid dienone is 2. The summed E-state index contributed by atoms with van der Waals surface area (Å²) in [5.41, 5.74) is 1.07. The lowest BCUT2D eigenvalue weighted by Gasteiger charge is -2.25. The number of rotatable bonds is 1. The zero-order valence-corrected chi connectivity index (χ0v) is 10.0. The third-order valence-electron chi connectivity index (χ3n) is 2.70. The summed E-state index contributed by atoms with van der Waals surface area (Å²) >= 11 is 1.10. The van der Waals surface area contributed by atoms with E-state index in [0.717, 1.165) is 17.3 Å². The number of thioether (sulfide) groups is 1. The average Bonchev–Trinajstić information content (AvgIpc) is 2.39. The van der Waals surface area contributed by atoms with Crippen molar-refractivity contribution < 1.29 is 8.78 Å². The van der Waals surface area contributed by atoms with Gasteiger partial charge in [0, 0.05) is 4.90 Å². The number of hydrogen-bond acceptors (Lipinski definition) is 3. The van der Waals surface area contributed by atoms with Crippen molar-refractivity contribution >= 4 is 17.3 Å². The van der Waals surface area contributed by atoms with E-state index in [1.54, 1.807) is 36.4 Å². The lowest BCUT2D eigenvalue weighted by molar-refractivity contribution is 0.146. The summed E-state index contributed by atoms with van der Waals surface area (Å²) in [6.45, 7) is 0. The number of nitrogens with zero attached hydrogens (tertiary/aromatic N) is 2. The second-order valence-electron chi connectivity index (χ2n) is 3.77. The summed E-state index contributed by atoms with van der Waals surface area (Å²) < 4.78 is 25.7. The molecule has 90 valence electrons. The highest BCUT2D eigenvalue weighted by molar-refractivity contribution is 8.00. The molecule has 1 aliphatic heterocycles. The highest BCUT2D eigenvalue weighted by Gasteiger charge is 2.31. The van der Waals surface area contributed by atoms with E-state index < -0.39 is 11.7 Å². The highest BCUT2D eigenvalue weighted by atomic mass is 32.2. The molecule has 1 aliphatic rings. The molecule has 0 saturated heterocycles. The lowest BCUT2D eigenvalue weighted by atomic mass is 9.96. The van der Waals surface area contributed by atoms with Gasteiger partial charge in [-0.1, -0.05) is 18.2 Å². The third kappa shape index (κ3) is 2.23. The number of nitriles is 2. The molecular formula is C13H8F2N2S. The first-order valence-corrected chi connectivity index (χ1v) is 6.13. The van der Waals surface area contributed by atoms with Gasteiger partial charge in [-0.05, 0) is 23.6 Å². The summed E-state index contributed by atoms with van der Waals surface area (Å²) in [6, 6.07) is 10.6. The fourth-order valence-electron chi connectivity index (χ4n) is 1.87. The van der Waals surface area contributed by atoms with E-state index in [1.807, 2.05) is 0 Å². The van der Waals surface area contributed by atoms with Crippen molar-refractivity contribution in [2.45, 2.75) is 23.0 Å². The molecule has 0 amide bonds. The van der Waals surface area contributed by atoms with E-state index in [-0.39, 0.29) is 12.0 Å². The van der Waals surface area contributed by atoms with Crippen LogP contribution < -0.4 is 0 Å². The number of halogens is 2. The third-order valence-corrected chi connectivity index (χ3v) is 3.99. The van der Waals surface area contributed by atoms with E-state index in [4.69, 9.17) is 10.5 Å². The molecule has 0 N–H and O–H groups in total. The Balaban J connectivity index is 2.58. The van der Waals surface area contributed by atoms with Crippen LogP contribution >= 0.6 is 11.8 Å². The van der Waals surface area contributed by atoms with Crippen molar-refractivity contribution in [1.29, 1.82) is 10.5 Å². The Morgan fingerprint density at radius 2 is 1.94 bits per heavy atom. The summed E-state index contributed by atoms with van der Waals surface area (Å²) in [5.74, 6) is 0. The van der Waals surface area contributed by atoms with Crippen molar-refractivity contribution in [3.05, 3.63) is 35.4 Å². The minimum atomic E-state index is -2.48. The van der Waals surface area contributed by atoms with Gasteiger partial charge in [-0.3, -0.25) is 0 Å². The van der Waals surface area contributed by atoms with Crippen LogP contribution in [0.5, 0.6) is 0 Å². The van der Waals surface area contributed by atoms with Crippen LogP contribution in [0.2, 0.25) is 0 Å². The van der Waals surface area contributed by atoms with Gasteiger partial charge in [0.25, 0.3) is 6.43 Å². The van der Waals surface area contributed by atoms with E-state index in [9.17, 15) is 8.78 Å². The molecule has 1 aromatic carbocycles. The number of fused-ring (bicyclic) bond motifs is 1. The molecule has 1 unspecified atom stereocenters. The molecule has 0 spiro atoms. The minimum Gasteiger partial charge on any atom is -0.209 e. The Morgan fingerprint density at radius 3 is 2.56 bits per heavy atom. The van der Waals surface area contributed by atoms with Crippen LogP contribution in [-0.2, 0) is 0 Å². The smallest absolute Gasteiger partial charge is 0.209 e. The molecule has 1 aromatic rings. The molecule has 2 nitrogen and oxygen atoms in total. The largest absolute Gasteiger partial charge is 0.250 e. The van der Waals surface area contributed by atoms with Gasteiger partial charge in [0.2, 0.25) is 0 Å². The molecule has 2 rings (SSSR count). The number of alkyl halides is 2. The number of benzene rings is 1. The Bertz CT molecular complexity index is 565. The second-order valence-corrected chi connectivity index (χ2v) is 5.05. The van der Waals surface area contributed by atoms with Crippen molar-refractivity contribution in [2.24, 2.45) is 0 Å². The zero-order chi connectivity index (χ0) is 13.1. The van der Waals surface area contributed by atoms with Gasteiger partial charge in [-0.25, -0.2) is 8.78 Å². The average molecular weight is 262 g/mol. The van der Waals surface area contributed by atoms with E-state index in [2.05, 4.69) is 0 Å². The van der Waals surface area contributed by atoms with Crippen molar-refractivity contribution in [3.8, 4) is 12.1 Å². The molecule has 1 heterocycles. The van der Waals surface area contributed by atoms with Gasteiger partial charge in [-0.15, -0.1) is 11.8 Å². The summed E-state index contributed by atoms with van der Waals surface area (Å²) in [4.78, 5) is 0.701. The quantitative estimate of drug-likeness (QED) is 0.726. The summed E-state index contributed by atoms with van der Waals surface area (Å²) in [6.07, 6.45) is -2.42. The van der Waals surface area contributed by atoms with Gasteiger partial charge in [0.1, 0.15) is 17.7 Å². The van der Waals surface area contributed by atoms with Gasteiger partial charge >= 0.3 is 0 Å². The second kappa shape index (κ2) is 5.20. The van der Waals surface area contributed by atoms with Crippen LogP contribution in [0.25, 0.3) is 5.57 Å². The summed E-state index contributed by atoms with van der Waals surface area (Å²) in [5, 5.41) is 16.9. The Labute approximate surface area is 108 Å². The topological polar surface area (TPSA) is 47.6 Å². The van der Waals surface area contributed by atoms with Crippen molar-refractivity contribution in [1.82, 2.24) is 0 Å². The van der Waals surface area contributed by atoms with Gasteiger partial charge in [0.05, 0.1) is 5.25 Å². The first kappa shape index (κ1) is 12.6. The summed E-state index contributed by atoms with van der Waals surface area (Å²) in [7, 11) is 0. The first-order chi connectivity index (χ1) is 8.67. The van der Waals surface area contributed by atoms with E-state index in [0.29, 0.717) is 10.5 Å². The molecular weight excluding hydrogens is 254 g/mol.